The smallest absolute Gasteiger partial charge is 0.340 e. The van der Waals surface area contributed by atoms with Crippen molar-refractivity contribution in [3.63, 3.8) is 0 Å². The van der Waals surface area contributed by atoms with Crippen LogP contribution in [0.2, 0.25) is 0 Å². The summed E-state index contributed by atoms with van der Waals surface area (Å²) >= 11 is 0. The lowest BCUT2D eigenvalue weighted by Crippen LogP contribution is -2.27. The summed E-state index contributed by atoms with van der Waals surface area (Å²) in [6, 6.07) is 5.32. The van der Waals surface area contributed by atoms with Crippen LogP contribution in [0.3, 0.4) is 0 Å². The normalized spacial score (nSPS) is 17.0. The Hall–Kier alpha value is -2.30. The number of carbonyl (C=O) groups is 2. The quantitative estimate of drug-likeness (QED) is 0.680. The first kappa shape index (κ1) is 15.1. The van der Waals surface area contributed by atoms with Gasteiger partial charge in [0.2, 0.25) is 5.88 Å². The van der Waals surface area contributed by atoms with E-state index in [-0.39, 0.29) is 24.2 Å². The van der Waals surface area contributed by atoms with E-state index < -0.39 is 5.97 Å². The standard InChI is InChI=1S/C16H19NO4/c1-4-10-12-8-6-7-11(9(3)18)14(12)21-15(17)13(10)16(19)20-5-2/h6-8,10H,4-5,17H2,1-3H3. The van der Waals surface area contributed by atoms with E-state index in [1.807, 2.05) is 13.0 Å². The van der Waals surface area contributed by atoms with Gasteiger partial charge in [-0.15, -0.1) is 0 Å². The first-order valence-corrected chi connectivity index (χ1v) is 6.99. The first-order chi connectivity index (χ1) is 10.0. The molecule has 1 aromatic rings. The molecule has 0 saturated heterocycles. The molecule has 0 saturated carbocycles. The summed E-state index contributed by atoms with van der Waals surface area (Å²) in [6.45, 7) is 5.43. The van der Waals surface area contributed by atoms with Crippen molar-refractivity contribution >= 4 is 11.8 Å². The summed E-state index contributed by atoms with van der Waals surface area (Å²) in [6.07, 6.45) is 0.659. The minimum Gasteiger partial charge on any atom is -0.462 e. The summed E-state index contributed by atoms with van der Waals surface area (Å²) < 4.78 is 10.6. The van der Waals surface area contributed by atoms with E-state index in [0.29, 0.717) is 23.3 Å². The summed E-state index contributed by atoms with van der Waals surface area (Å²) in [4.78, 5) is 23.8. The second kappa shape index (κ2) is 5.99. The van der Waals surface area contributed by atoms with Gasteiger partial charge in [0, 0.05) is 11.5 Å². The molecule has 0 aromatic heterocycles. The van der Waals surface area contributed by atoms with Crippen molar-refractivity contribution in [2.75, 3.05) is 6.61 Å². The largest absolute Gasteiger partial charge is 0.462 e. The van der Waals surface area contributed by atoms with Crippen LogP contribution in [0, 0.1) is 0 Å². The van der Waals surface area contributed by atoms with Crippen LogP contribution in [0.1, 0.15) is 49.0 Å². The fourth-order valence-electron chi connectivity index (χ4n) is 2.59. The third-order valence-corrected chi connectivity index (χ3v) is 3.53. The Kier molecular flexibility index (Phi) is 4.31. The molecule has 0 fully saturated rings. The van der Waals surface area contributed by atoms with E-state index in [9.17, 15) is 9.59 Å². The van der Waals surface area contributed by atoms with E-state index >= 15 is 0 Å². The maximum absolute atomic E-state index is 12.1. The van der Waals surface area contributed by atoms with Gasteiger partial charge in [0.05, 0.1) is 12.2 Å². The number of ketones is 1. The zero-order chi connectivity index (χ0) is 15.6. The second-order valence-electron chi connectivity index (χ2n) is 4.84. The van der Waals surface area contributed by atoms with E-state index in [2.05, 4.69) is 0 Å². The molecule has 112 valence electrons. The Morgan fingerprint density at radius 3 is 2.62 bits per heavy atom. The van der Waals surface area contributed by atoms with Crippen LogP contribution in [-0.4, -0.2) is 18.4 Å². The Balaban J connectivity index is 2.55. The summed E-state index contributed by atoms with van der Waals surface area (Å²) in [5, 5.41) is 0. The second-order valence-corrected chi connectivity index (χ2v) is 4.84. The molecule has 1 atom stereocenters. The van der Waals surface area contributed by atoms with Gasteiger partial charge in [-0.25, -0.2) is 4.79 Å². The summed E-state index contributed by atoms with van der Waals surface area (Å²) in [7, 11) is 0. The van der Waals surface area contributed by atoms with Crippen LogP contribution in [0.25, 0.3) is 0 Å². The predicted octanol–water partition coefficient (Wildman–Crippen LogP) is 2.51. The van der Waals surface area contributed by atoms with Gasteiger partial charge in [-0.05, 0) is 26.3 Å². The topological polar surface area (TPSA) is 78.6 Å². The van der Waals surface area contributed by atoms with Crippen molar-refractivity contribution in [2.24, 2.45) is 5.73 Å². The molecule has 5 heteroatoms. The van der Waals surface area contributed by atoms with Crippen molar-refractivity contribution in [2.45, 2.75) is 33.1 Å². The predicted molar refractivity (Wildman–Crippen MR) is 78.0 cm³/mol. The maximum Gasteiger partial charge on any atom is 0.340 e. The van der Waals surface area contributed by atoms with Crippen LogP contribution < -0.4 is 10.5 Å². The molecule has 2 N–H and O–H groups in total. The number of para-hydroxylation sites is 1. The molecule has 0 aliphatic carbocycles. The lowest BCUT2D eigenvalue weighted by Gasteiger charge is -2.28. The van der Waals surface area contributed by atoms with Gasteiger partial charge in [0.25, 0.3) is 0 Å². The molecule has 1 aliphatic heterocycles. The molecule has 1 heterocycles. The van der Waals surface area contributed by atoms with Crippen LogP contribution in [0.4, 0.5) is 0 Å². The molecular formula is C16H19NO4. The third-order valence-electron chi connectivity index (χ3n) is 3.53. The Morgan fingerprint density at radius 2 is 2.05 bits per heavy atom. The number of nitrogens with two attached hydrogens (primary N) is 1. The van der Waals surface area contributed by atoms with Gasteiger partial charge in [0.15, 0.2) is 5.78 Å². The number of fused-ring (bicyclic) bond motifs is 1. The van der Waals surface area contributed by atoms with Gasteiger partial charge in [-0.3, -0.25) is 4.79 Å². The van der Waals surface area contributed by atoms with Crippen molar-refractivity contribution in [1.29, 1.82) is 0 Å². The number of benzene rings is 1. The lowest BCUT2D eigenvalue weighted by atomic mass is 9.85. The van der Waals surface area contributed by atoms with Crippen LogP contribution in [0.15, 0.2) is 29.7 Å². The Bertz CT molecular complexity index is 619. The highest BCUT2D eigenvalue weighted by Crippen LogP contribution is 2.42. The van der Waals surface area contributed by atoms with E-state index in [1.165, 1.54) is 6.92 Å². The highest BCUT2D eigenvalue weighted by atomic mass is 16.5. The van der Waals surface area contributed by atoms with Gasteiger partial charge in [-0.2, -0.15) is 0 Å². The number of Topliss-reactive ketones (excluding diaryl/α,β-unsaturated/α-hetero) is 1. The monoisotopic (exact) mass is 289 g/mol. The number of hydrogen-bond acceptors (Lipinski definition) is 5. The molecule has 2 rings (SSSR count). The number of carbonyl (C=O) groups excluding carboxylic acids is 2. The minimum atomic E-state index is -0.472. The SMILES string of the molecule is CCOC(=O)C1=C(N)Oc2c(C(C)=O)cccc2C1CC. The van der Waals surface area contributed by atoms with Gasteiger partial charge in [0.1, 0.15) is 11.3 Å². The fraction of sp³-hybridized carbons (Fsp3) is 0.375. The highest BCUT2D eigenvalue weighted by Gasteiger charge is 2.34. The fourth-order valence-corrected chi connectivity index (χ4v) is 2.59. The van der Waals surface area contributed by atoms with E-state index in [0.717, 1.165) is 5.56 Å². The van der Waals surface area contributed by atoms with Crippen molar-refractivity contribution in [3.05, 3.63) is 40.8 Å². The highest BCUT2D eigenvalue weighted by molar-refractivity contribution is 5.98. The van der Waals surface area contributed by atoms with Crippen molar-refractivity contribution in [1.82, 2.24) is 0 Å². The van der Waals surface area contributed by atoms with Crippen LogP contribution >= 0.6 is 0 Å². The molecule has 1 aromatic carbocycles. The first-order valence-electron chi connectivity index (χ1n) is 6.99. The minimum absolute atomic E-state index is 0.0153. The Morgan fingerprint density at radius 1 is 1.33 bits per heavy atom. The van der Waals surface area contributed by atoms with Crippen LogP contribution in [-0.2, 0) is 9.53 Å². The Labute approximate surface area is 123 Å². The van der Waals surface area contributed by atoms with E-state index in [4.69, 9.17) is 15.2 Å². The molecular weight excluding hydrogens is 270 g/mol. The molecule has 0 bridgehead atoms. The number of ether oxygens (including phenoxy) is 2. The van der Waals surface area contributed by atoms with E-state index in [1.54, 1.807) is 19.1 Å². The molecule has 0 spiro atoms. The molecule has 0 amide bonds. The van der Waals surface area contributed by atoms with Gasteiger partial charge in [-0.1, -0.05) is 19.1 Å². The number of rotatable bonds is 4. The van der Waals surface area contributed by atoms with Crippen LogP contribution in [0.5, 0.6) is 5.75 Å². The summed E-state index contributed by atoms with van der Waals surface area (Å²) in [5.41, 5.74) is 7.49. The van der Waals surface area contributed by atoms with Crippen molar-refractivity contribution < 1.29 is 19.1 Å². The number of esters is 1. The molecule has 21 heavy (non-hydrogen) atoms. The summed E-state index contributed by atoms with van der Waals surface area (Å²) in [5.74, 6) is -0.342. The maximum atomic E-state index is 12.1. The van der Waals surface area contributed by atoms with Gasteiger partial charge >= 0.3 is 5.97 Å². The zero-order valence-corrected chi connectivity index (χ0v) is 12.4. The zero-order valence-electron chi connectivity index (χ0n) is 12.4. The average molecular weight is 289 g/mol. The van der Waals surface area contributed by atoms with Gasteiger partial charge < -0.3 is 15.2 Å². The third kappa shape index (κ3) is 2.63. The molecule has 5 nitrogen and oxygen atoms in total. The molecule has 1 aliphatic rings. The average Bonchev–Trinajstić information content (AvgIpc) is 2.45. The molecule has 0 radical (unpaired) electrons. The number of hydrogen-bond donors (Lipinski definition) is 1. The lowest BCUT2D eigenvalue weighted by molar-refractivity contribution is -0.139. The van der Waals surface area contributed by atoms with Crippen molar-refractivity contribution in [3.8, 4) is 5.75 Å². The molecule has 1 unspecified atom stereocenters.